The third-order valence-electron chi connectivity index (χ3n) is 12.8. The van der Waals surface area contributed by atoms with E-state index in [4.69, 9.17) is 19.9 Å². The van der Waals surface area contributed by atoms with E-state index in [1.165, 1.54) is 36.7 Å². The smallest absolute Gasteiger partial charge is 0.238 e. The summed E-state index contributed by atoms with van der Waals surface area (Å²) in [5.41, 5.74) is 11.6. The zero-order chi connectivity index (χ0) is 43.3. The fourth-order valence-electron chi connectivity index (χ4n) is 9.87. The van der Waals surface area contributed by atoms with E-state index >= 15 is 0 Å². The molecular formula is C58H34N6S2. The van der Waals surface area contributed by atoms with Gasteiger partial charge in [0.25, 0.3) is 0 Å². The van der Waals surface area contributed by atoms with Crippen LogP contribution in [0.15, 0.2) is 206 Å². The molecule has 6 nitrogen and oxygen atoms in total. The van der Waals surface area contributed by atoms with Crippen molar-refractivity contribution < 1.29 is 0 Å². The molecule has 0 amide bonds. The predicted octanol–water partition coefficient (Wildman–Crippen LogP) is 15.7. The molecule has 0 fully saturated rings. The molecule has 0 unspecified atom stereocenters. The van der Waals surface area contributed by atoms with Gasteiger partial charge >= 0.3 is 0 Å². The lowest BCUT2D eigenvalue weighted by Gasteiger charge is -2.14. The molecule has 9 aromatic carbocycles. The summed E-state index contributed by atoms with van der Waals surface area (Å²) in [6.45, 7) is 0. The predicted molar refractivity (Wildman–Crippen MR) is 276 cm³/mol. The number of hydrogen-bond donors (Lipinski definition) is 0. The SMILES string of the molecule is c1ccc(-c2nc(-c3cccc4nc(-c5ccccc5)sc34)nc(-n3c4ccccc4c4ccc5c6ccccc6n(-c6ccc(-c7cccc8c7sc7ccccc78)cc6)c5c43)n2)cc1. The largest absolute Gasteiger partial charge is 0.307 e. The van der Waals surface area contributed by atoms with Crippen LogP contribution in [0.4, 0.5) is 0 Å². The van der Waals surface area contributed by atoms with E-state index in [2.05, 4.69) is 191 Å². The summed E-state index contributed by atoms with van der Waals surface area (Å²) in [6, 6.07) is 73.2. The lowest BCUT2D eigenvalue weighted by atomic mass is 10.0. The van der Waals surface area contributed by atoms with Gasteiger partial charge in [0.2, 0.25) is 5.95 Å². The van der Waals surface area contributed by atoms with Gasteiger partial charge in [-0.2, -0.15) is 9.97 Å². The van der Waals surface area contributed by atoms with Gasteiger partial charge in [-0.25, -0.2) is 9.97 Å². The zero-order valence-corrected chi connectivity index (χ0v) is 36.8. The second-order valence-electron chi connectivity index (χ2n) is 16.6. The number of hydrogen-bond acceptors (Lipinski definition) is 6. The van der Waals surface area contributed by atoms with Crippen LogP contribution in [-0.4, -0.2) is 29.1 Å². The fourth-order valence-corrected chi connectivity index (χ4v) is 12.2. The lowest BCUT2D eigenvalue weighted by molar-refractivity contribution is 0.954. The van der Waals surface area contributed by atoms with Gasteiger partial charge in [-0.05, 0) is 53.6 Å². The van der Waals surface area contributed by atoms with Crippen LogP contribution >= 0.6 is 22.7 Å². The first-order chi connectivity index (χ1) is 32.7. The van der Waals surface area contributed by atoms with Crippen LogP contribution in [0.5, 0.6) is 0 Å². The average Bonchev–Trinajstić information content (AvgIpc) is 4.16. The van der Waals surface area contributed by atoms with Crippen LogP contribution in [0.2, 0.25) is 0 Å². The Morgan fingerprint density at radius 1 is 0.333 bits per heavy atom. The Labute approximate surface area is 386 Å². The molecular weight excluding hydrogens is 845 g/mol. The van der Waals surface area contributed by atoms with Crippen molar-refractivity contribution in [1.82, 2.24) is 29.1 Å². The van der Waals surface area contributed by atoms with Gasteiger partial charge in [0.05, 0.1) is 32.3 Å². The van der Waals surface area contributed by atoms with Crippen LogP contribution in [0, 0.1) is 0 Å². The van der Waals surface area contributed by atoms with Crippen molar-refractivity contribution in [2.24, 2.45) is 0 Å². The highest BCUT2D eigenvalue weighted by atomic mass is 32.1. The van der Waals surface area contributed by atoms with E-state index < -0.39 is 0 Å². The maximum atomic E-state index is 5.46. The summed E-state index contributed by atoms with van der Waals surface area (Å²) in [5, 5.41) is 8.14. The molecule has 5 aromatic heterocycles. The van der Waals surface area contributed by atoms with Gasteiger partial charge in [0, 0.05) is 64.1 Å². The van der Waals surface area contributed by atoms with Crippen molar-refractivity contribution in [2.45, 2.75) is 0 Å². The van der Waals surface area contributed by atoms with Crippen LogP contribution < -0.4 is 0 Å². The lowest BCUT2D eigenvalue weighted by Crippen LogP contribution is -2.07. The Balaban J connectivity index is 1.03. The number of thiazole rings is 1. The molecule has 0 aliphatic carbocycles. The monoisotopic (exact) mass is 878 g/mol. The molecule has 0 radical (unpaired) electrons. The summed E-state index contributed by atoms with van der Waals surface area (Å²) in [4.78, 5) is 21.2. The minimum absolute atomic E-state index is 0.547. The molecule has 5 heterocycles. The minimum atomic E-state index is 0.547. The summed E-state index contributed by atoms with van der Waals surface area (Å²) in [5.74, 6) is 1.74. The number of thiophene rings is 1. The molecule has 0 aliphatic rings. The van der Waals surface area contributed by atoms with Crippen LogP contribution in [0.3, 0.4) is 0 Å². The number of nitrogens with zero attached hydrogens (tertiary/aromatic N) is 6. The molecule has 0 atom stereocenters. The molecule has 0 aliphatic heterocycles. The van der Waals surface area contributed by atoms with E-state index in [1.54, 1.807) is 11.3 Å². The molecule has 0 bridgehead atoms. The maximum Gasteiger partial charge on any atom is 0.238 e. The first-order valence-corrected chi connectivity index (χ1v) is 23.6. The molecule has 14 aromatic rings. The van der Waals surface area contributed by atoms with Crippen LogP contribution in [-0.2, 0) is 0 Å². The number of benzene rings is 9. The molecule has 0 saturated heterocycles. The van der Waals surface area contributed by atoms with Gasteiger partial charge in [-0.15, -0.1) is 22.7 Å². The highest BCUT2D eigenvalue weighted by molar-refractivity contribution is 7.26. The third-order valence-corrected chi connectivity index (χ3v) is 15.2. The Bertz CT molecular complexity index is 4220. The van der Waals surface area contributed by atoms with E-state index in [1.807, 2.05) is 35.6 Å². The highest BCUT2D eigenvalue weighted by Crippen LogP contribution is 2.44. The third kappa shape index (κ3) is 5.65. The molecule has 8 heteroatoms. The maximum absolute atomic E-state index is 5.46. The minimum Gasteiger partial charge on any atom is -0.307 e. The molecule has 0 saturated carbocycles. The number of rotatable bonds is 6. The fraction of sp³-hybridized carbons (Fsp3) is 0. The summed E-state index contributed by atoms with van der Waals surface area (Å²) in [6.07, 6.45) is 0. The topological polar surface area (TPSA) is 61.4 Å². The highest BCUT2D eigenvalue weighted by Gasteiger charge is 2.24. The van der Waals surface area contributed by atoms with Crippen molar-refractivity contribution in [3.8, 4) is 56.1 Å². The Morgan fingerprint density at radius 3 is 1.68 bits per heavy atom. The normalized spacial score (nSPS) is 11.9. The second-order valence-corrected chi connectivity index (χ2v) is 18.6. The second kappa shape index (κ2) is 14.6. The standard InChI is InChI=1S/C58H34N6S2/c1-3-15-36(16-4-1)55-60-56(46-24-14-25-47-54(46)66-57(59-47)37-17-5-2-6-18-37)62-58(61-55)64-49-27-11-8-20-41(49)44-34-33-43-40-19-7-10-26-48(40)63(51(43)52(44)64)38-31-29-35(30-32-38)39-22-13-23-45-42-21-9-12-28-50(42)65-53(39)45/h1-34H. The Hall–Kier alpha value is -8.30. The van der Waals surface area contributed by atoms with Gasteiger partial charge in [0.15, 0.2) is 11.6 Å². The van der Waals surface area contributed by atoms with Crippen molar-refractivity contribution >= 4 is 96.7 Å². The average molecular weight is 879 g/mol. The Kier molecular flexibility index (Phi) is 8.22. The number of aromatic nitrogens is 6. The molecule has 14 rings (SSSR count). The quantitative estimate of drug-likeness (QED) is 0.167. The summed E-state index contributed by atoms with van der Waals surface area (Å²) >= 11 is 3.53. The van der Waals surface area contributed by atoms with Crippen molar-refractivity contribution in [1.29, 1.82) is 0 Å². The van der Waals surface area contributed by atoms with E-state index in [0.717, 1.165) is 75.8 Å². The first kappa shape index (κ1) is 37.1. The van der Waals surface area contributed by atoms with Gasteiger partial charge in [-0.1, -0.05) is 164 Å². The van der Waals surface area contributed by atoms with Gasteiger partial charge in [-0.3, -0.25) is 4.57 Å². The first-order valence-electron chi connectivity index (χ1n) is 22.0. The summed E-state index contributed by atoms with van der Waals surface area (Å²) < 4.78 is 8.34. The van der Waals surface area contributed by atoms with E-state index in [0.29, 0.717) is 17.6 Å². The van der Waals surface area contributed by atoms with Crippen LogP contribution in [0.25, 0.3) is 130 Å². The molecule has 308 valence electrons. The number of fused-ring (bicyclic) bond motifs is 11. The molecule has 66 heavy (non-hydrogen) atoms. The van der Waals surface area contributed by atoms with Gasteiger partial charge < -0.3 is 4.57 Å². The Morgan fingerprint density at radius 2 is 0.924 bits per heavy atom. The van der Waals surface area contributed by atoms with Crippen molar-refractivity contribution in [2.75, 3.05) is 0 Å². The summed E-state index contributed by atoms with van der Waals surface area (Å²) in [7, 11) is 0. The van der Waals surface area contributed by atoms with Crippen molar-refractivity contribution in [3.63, 3.8) is 0 Å². The van der Waals surface area contributed by atoms with E-state index in [9.17, 15) is 0 Å². The molecule has 0 spiro atoms. The zero-order valence-electron chi connectivity index (χ0n) is 35.1. The molecule has 0 N–H and O–H groups in total. The van der Waals surface area contributed by atoms with Crippen LogP contribution in [0.1, 0.15) is 0 Å². The van der Waals surface area contributed by atoms with Crippen molar-refractivity contribution in [3.05, 3.63) is 206 Å². The van der Waals surface area contributed by atoms with E-state index in [-0.39, 0.29) is 0 Å². The van der Waals surface area contributed by atoms with Gasteiger partial charge in [0.1, 0.15) is 5.01 Å². The number of para-hydroxylation sites is 2.